The van der Waals surface area contributed by atoms with Crippen molar-refractivity contribution in [1.29, 1.82) is 0 Å². The molecular weight excluding hydrogens is 487 g/mol. The Morgan fingerprint density at radius 3 is 2.29 bits per heavy atom. The van der Waals surface area contributed by atoms with Gasteiger partial charge in [0.15, 0.2) is 5.75 Å². The summed E-state index contributed by atoms with van der Waals surface area (Å²) in [5.74, 6) is 0.321. The number of sulfone groups is 1. The quantitative estimate of drug-likeness (QED) is 0.457. The van der Waals surface area contributed by atoms with Gasteiger partial charge in [0, 0.05) is 11.8 Å². The lowest BCUT2D eigenvalue weighted by Crippen LogP contribution is -2.33. The van der Waals surface area contributed by atoms with Gasteiger partial charge in [-0.3, -0.25) is 9.78 Å². The molecule has 2 heterocycles. The topological polar surface area (TPSA) is 96.9 Å². The van der Waals surface area contributed by atoms with Crippen LogP contribution in [0.1, 0.15) is 12.5 Å². The van der Waals surface area contributed by atoms with Crippen LogP contribution in [-0.4, -0.2) is 41.8 Å². The van der Waals surface area contributed by atoms with E-state index in [9.17, 15) is 31.2 Å². The molecule has 0 aliphatic carbocycles. The maximum Gasteiger partial charge on any atom is 0.501 e. The average molecular weight is 505 g/mol. The summed E-state index contributed by atoms with van der Waals surface area (Å²) >= 11 is 0. The summed E-state index contributed by atoms with van der Waals surface area (Å²) in [6, 6.07) is 12.3. The predicted octanol–water partition coefficient (Wildman–Crippen LogP) is 4.52. The van der Waals surface area contributed by atoms with Crippen molar-refractivity contribution in [2.75, 3.05) is 4.90 Å². The maximum atomic E-state index is 13.1. The molecule has 1 atom stereocenters. The number of nitrogens with zero attached hydrogens (tertiary/aromatic N) is 3. The number of urea groups is 1. The monoisotopic (exact) mass is 505 g/mol. The summed E-state index contributed by atoms with van der Waals surface area (Å²) in [7, 11) is -5.56. The second-order valence-electron chi connectivity index (χ2n) is 7.60. The molecule has 0 bridgehead atoms. The highest BCUT2D eigenvalue weighted by Gasteiger charge is 2.47. The highest BCUT2D eigenvalue weighted by Crippen LogP contribution is 2.33. The number of aromatic nitrogens is 1. The molecule has 0 saturated carbocycles. The van der Waals surface area contributed by atoms with Crippen LogP contribution in [0.5, 0.6) is 11.5 Å². The Morgan fingerprint density at radius 1 is 1.00 bits per heavy atom. The first-order chi connectivity index (χ1) is 16.5. The molecule has 12 heteroatoms. The number of benzene rings is 2. The zero-order chi connectivity index (χ0) is 25.4. The molecular formula is C23H18F3N3O5S. The van der Waals surface area contributed by atoms with E-state index in [1.807, 2.05) is 6.07 Å². The highest BCUT2D eigenvalue weighted by molar-refractivity contribution is 7.92. The molecule has 182 valence electrons. The number of hydrogen-bond acceptors (Lipinski definition) is 6. The van der Waals surface area contributed by atoms with Gasteiger partial charge in [-0.25, -0.2) is 18.1 Å². The number of anilines is 1. The molecule has 0 spiro atoms. The molecule has 8 nitrogen and oxygen atoms in total. The summed E-state index contributed by atoms with van der Waals surface area (Å²) in [6.07, 6.45) is 2.99. The minimum atomic E-state index is -5.56. The Bertz CT molecular complexity index is 1360. The number of halogens is 3. The van der Waals surface area contributed by atoms with Gasteiger partial charge < -0.3 is 9.64 Å². The molecule has 1 aliphatic heterocycles. The Kier molecular flexibility index (Phi) is 6.24. The molecule has 1 aliphatic rings. The summed E-state index contributed by atoms with van der Waals surface area (Å²) in [6.45, 7) is 1.51. The molecule has 4 rings (SSSR count). The number of imide groups is 1. The summed E-state index contributed by atoms with van der Waals surface area (Å²) in [5, 5.41) is 0. The highest BCUT2D eigenvalue weighted by atomic mass is 32.2. The fourth-order valence-electron chi connectivity index (χ4n) is 3.49. The van der Waals surface area contributed by atoms with Crippen LogP contribution in [0.25, 0.3) is 0 Å². The first-order valence-electron chi connectivity index (χ1n) is 10.2. The second-order valence-corrected chi connectivity index (χ2v) is 9.54. The summed E-state index contributed by atoms with van der Waals surface area (Å²) in [4.78, 5) is 31.1. The van der Waals surface area contributed by atoms with Crippen molar-refractivity contribution in [3.63, 3.8) is 0 Å². The number of pyridine rings is 1. The fraction of sp³-hybridized carbons (Fsp3) is 0.174. The van der Waals surface area contributed by atoms with E-state index in [-0.39, 0.29) is 12.2 Å². The number of rotatable bonds is 6. The largest absolute Gasteiger partial charge is 0.501 e. The molecule has 35 heavy (non-hydrogen) atoms. The summed E-state index contributed by atoms with van der Waals surface area (Å²) < 4.78 is 67.4. The predicted molar refractivity (Wildman–Crippen MR) is 118 cm³/mol. The van der Waals surface area contributed by atoms with Crippen LogP contribution in [0.2, 0.25) is 0 Å². The van der Waals surface area contributed by atoms with Crippen molar-refractivity contribution in [2.45, 2.75) is 29.9 Å². The molecule has 0 N–H and O–H groups in total. The van der Waals surface area contributed by atoms with Crippen molar-refractivity contribution >= 4 is 27.5 Å². The van der Waals surface area contributed by atoms with Gasteiger partial charge in [0.2, 0.25) is 0 Å². The first-order valence-corrected chi connectivity index (χ1v) is 11.7. The Morgan fingerprint density at radius 2 is 1.66 bits per heavy atom. The molecule has 1 unspecified atom stereocenters. The van der Waals surface area contributed by atoms with E-state index < -0.39 is 38.2 Å². The summed E-state index contributed by atoms with van der Waals surface area (Å²) in [5.41, 5.74) is -4.94. The third-order valence-electron chi connectivity index (χ3n) is 5.37. The van der Waals surface area contributed by atoms with Crippen LogP contribution < -0.4 is 9.64 Å². The molecule has 1 aromatic heterocycles. The smallest absolute Gasteiger partial charge is 0.455 e. The lowest BCUT2D eigenvalue weighted by atomic mass is 10.2. The van der Waals surface area contributed by atoms with Crippen LogP contribution in [0, 0.1) is 0 Å². The lowest BCUT2D eigenvalue weighted by molar-refractivity contribution is -0.119. The number of amides is 3. The molecule has 0 radical (unpaired) electrons. The van der Waals surface area contributed by atoms with Crippen LogP contribution in [0.15, 0.2) is 78.0 Å². The normalized spacial score (nSPS) is 16.6. The van der Waals surface area contributed by atoms with Crippen molar-refractivity contribution in [2.24, 2.45) is 0 Å². The minimum Gasteiger partial charge on any atom is -0.455 e. The minimum absolute atomic E-state index is 0.00648. The van der Waals surface area contributed by atoms with Crippen LogP contribution >= 0.6 is 0 Å². The lowest BCUT2D eigenvalue weighted by Gasteiger charge is -2.21. The van der Waals surface area contributed by atoms with E-state index in [2.05, 4.69) is 4.98 Å². The standard InChI is InChI=1S/C23H18F3N3O5S/c1-15-21(30)29(17-7-9-19(10-8-17)35(32,33)23(24,25)26)22(31)28(15)14-16-11-12-27-13-20(16)34-18-5-3-2-4-6-18/h2-13,15H,14H2,1H3. The van der Waals surface area contributed by atoms with E-state index in [4.69, 9.17) is 4.74 Å². The van der Waals surface area contributed by atoms with Crippen molar-refractivity contribution < 1.29 is 35.9 Å². The zero-order valence-electron chi connectivity index (χ0n) is 18.1. The van der Waals surface area contributed by atoms with Gasteiger partial charge in [0.1, 0.15) is 11.8 Å². The number of hydrogen-bond donors (Lipinski definition) is 0. The number of para-hydroxylation sites is 1. The molecule has 3 amide bonds. The number of carbonyl (C=O) groups is 2. The number of alkyl halides is 3. The van der Waals surface area contributed by atoms with Gasteiger partial charge in [-0.1, -0.05) is 18.2 Å². The number of carbonyl (C=O) groups excluding carboxylic acids is 2. The average Bonchev–Trinajstić information content (AvgIpc) is 3.03. The molecule has 3 aromatic rings. The number of ether oxygens (including phenoxy) is 1. The molecule has 2 aromatic carbocycles. The maximum absolute atomic E-state index is 13.1. The molecule has 1 saturated heterocycles. The van der Waals surface area contributed by atoms with Gasteiger partial charge in [-0.2, -0.15) is 13.2 Å². The SMILES string of the molecule is CC1C(=O)N(c2ccc(S(=O)(=O)C(F)(F)F)cc2)C(=O)N1Cc1ccncc1Oc1ccccc1. The van der Waals surface area contributed by atoms with Crippen LogP contribution in [0.4, 0.5) is 23.7 Å². The van der Waals surface area contributed by atoms with E-state index in [1.54, 1.807) is 30.3 Å². The van der Waals surface area contributed by atoms with Gasteiger partial charge in [0.05, 0.1) is 23.3 Å². The van der Waals surface area contributed by atoms with Gasteiger partial charge in [-0.05, 0) is 49.4 Å². The van der Waals surface area contributed by atoms with Gasteiger partial charge >= 0.3 is 11.5 Å². The van der Waals surface area contributed by atoms with Crippen molar-refractivity contribution in [1.82, 2.24) is 9.88 Å². The van der Waals surface area contributed by atoms with E-state index in [0.29, 0.717) is 29.2 Å². The first kappa shape index (κ1) is 24.2. The Labute approximate surface area is 198 Å². The molecule has 1 fully saturated rings. The third-order valence-corrected chi connectivity index (χ3v) is 6.88. The second kappa shape index (κ2) is 9.02. The van der Waals surface area contributed by atoms with E-state index in [1.165, 1.54) is 24.2 Å². The van der Waals surface area contributed by atoms with E-state index in [0.717, 1.165) is 17.0 Å². The van der Waals surface area contributed by atoms with Crippen LogP contribution in [-0.2, 0) is 21.2 Å². The zero-order valence-corrected chi connectivity index (χ0v) is 19.0. The fourth-order valence-corrected chi connectivity index (χ4v) is 4.25. The van der Waals surface area contributed by atoms with Gasteiger partial charge in [0.25, 0.3) is 15.7 Å². The van der Waals surface area contributed by atoms with Crippen molar-refractivity contribution in [3.05, 3.63) is 78.6 Å². The van der Waals surface area contributed by atoms with Gasteiger partial charge in [-0.15, -0.1) is 0 Å². The van der Waals surface area contributed by atoms with Crippen molar-refractivity contribution in [3.8, 4) is 11.5 Å². The Balaban J connectivity index is 1.58. The van der Waals surface area contributed by atoms with E-state index >= 15 is 0 Å². The third kappa shape index (κ3) is 4.56. The Hall–Kier alpha value is -3.93. The van der Waals surface area contributed by atoms with Crippen LogP contribution in [0.3, 0.4) is 0 Å².